The summed E-state index contributed by atoms with van der Waals surface area (Å²) in [6.45, 7) is -0.801. The molecule has 1 aliphatic heterocycles. The number of alkyl halides is 2. The minimum atomic E-state index is -2.68. The maximum atomic E-state index is 12.7. The smallest absolute Gasteiger partial charge is 0.298 e. The minimum absolute atomic E-state index is 0.137. The van der Waals surface area contributed by atoms with Crippen molar-refractivity contribution in [3.8, 4) is 0 Å². The number of oxazole rings is 1. The fraction of sp³-hybridized carbons (Fsp3) is 0.273. The predicted octanol–water partition coefficient (Wildman–Crippen LogP) is 1.38. The molecule has 18 heavy (non-hydrogen) atoms. The number of nitrogens with zero attached hydrogens (tertiary/aromatic N) is 2. The molecule has 0 aliphatic carbocycles. The average molecular weight is 253 g/mol. The monoisotopic (exact) mass is 253 g/mol. The molecule has 7 heteroatoms. The first-order valence-electron chi connectivity index (χ1n) is 5.28. The average Bonchev–Trinajstić information content (AvgIpc) is 2.67. The quantitative estimate of drug-likeness (QED) is 0.877. The summed E-state index contributed by atoms with van der Waals surface area (Å²) in [4.78, 5) is 16.4. The van der Waals surface area contributed by atoms with Gasteiger partial charge in [-0.3, -0.25) is 4.79 Å². The van der Waals surface area contributed by atoms with E-state index in [1.54, 1.807) is 6.07 Å². The van der Waals surface area contributed by atoms with Gasteiger partial charge < -0.3 is 15.1 Å². The standard InChI is InChI=1S/C11H9F2N3O2/c12-11(13)4-16(5-11)10-15-7-3-6(9(14)17)1-2-8(7)18-10/h1-3H,4-5H2,(H2,14,17). The van der Waals surface area contributed by atoms with Crippen molar-refractivity contribution in [2.45, 2.75) is 5.92 Å². The van der Waals surface area contributed by atoms with Crippen molar-refractivity contribution in [3.05, 3.63) is 23.8 Å². The van der Waals surface area contributed by atoms with E-state index in [1.807, 2.05) is 0 Å². The molecule has 2 aromatic rings. The Morgan fingerprint density at radius 1 is 1.44 bits per heavy atom. The van der Waals surface area contributed by atoms with Crippen LogP contribution in [0, 0.1) is 0 Å². The fourth-order valence-electron chi connectivity index (χ4n) is 1.85. The van der Waals surface area contributed by atoms with E-state index < -0.39 is 24.9 Å². The zero-order chi connectivity index (χ0) is 12.9. The van der Waals surface area contributed by atoms with E-state index in [1.165, 1.54) is 17.0 Å². The molecule has 94 valence electrons. The fourth-order valence-corrected chi connectivity index (χ4v) is 1.85. The van der Waals surface area contributed by atoms with Crippen molar-refractivity contribution in [2.75, 3.05) is 18.0 Å². The van der Waals surface area contributed by atoms with E-state index in [-0.39, 0.29) is 6.01 Å². The van der Waals surface area contributed by atoms with Gasteiger partial charge in [-0.25, -0.2) is 8.78 Å². The molecule has 0 saturated carbocycles. The highest BCUT2D eigenvalue weighted by Crippen LogP contribution is 2.33. The molecule has 1 amide bonds. The van der Waals surface area contributed by atoms with Crippen molar-refractivity contribution in [1.82, 2.24) is 4.98 Å². The molecule has 1 aromatic carbocycles. The normalized spacial score (nSPS) is 17.8. The van der Waals surface area contributed by atoms with E-state index >= 15 is 0 Å². The number of fused-ring (bicyclic) bond motifs is 1. The third-order valence-corrected chi connectivity index (χ3v) is 2.78. The Balaban J connectivity index is 1.94. The summed E-state index contributed by atoms with van der Waals surface area (Å²) < 4.78 is 30.8. The molecule has 2 heterocycles. The van der Waals surface area contributed by atoms with E-state index in [4.69, 9.17) is 10.2 Å². The number of primary amides is 1. The summed E-state index contributed by atoms with van der Waals surface area (Å²) in [7, 11) is 0. The third-order valence-electron chi connectivity index (χ3n) is 2.78. The van der Waals surface area contributed by atoms with Crippen LogP contribution < -0.4 is 10.6 Å². The Morgan fingerprint density at radius 2 is 2.17 bits per heavy atom. The lowest BCUT2D eigenvalue weighted by atomic mass is 10.2. The second-order valence-electron chi connectivity index (χ2n) is 4.26. The second kappa shape index (κ2) is 3.41. The maximum absolute atomic E-state index is 12.7. The summed E-state index contributed by atoms with van der Waals surface area (Å²) in [6.07, 6.45) is 0. The van der Waals surface area contributed by atoms with E-state index in [9.17, 15) is 13.6 Å². The molecule has 1 aliphatic rings. The number of hydrogen-bond acceptors (Lipinski definition) is 4. The number of aromatic nitrogens is 1. The lowest BCUT2D eigenvalue weighted by Crippen LogP contribution is -2.56. The summed E-state index contributed by atoms with van der Waals surface area (Å²) in [6, 6.07) is 4.66. The Labute approximate surface area is 100 Å². The predicted molar refractivity (Wildman–Crippen MR) is 59.7 cm³/mol. The maximum Gasteiger partial charge on any atom is 0.298 e. The first-order chi connectivity index (χ1) is 8.44. The van der Waals surface area contributed by atoms with Crippen LogP contribution in [0.3, 0.4) is 0 Å². The molecule has 1 aromatic heterocycles. The van der Waals surface area contributed by atoms with Crippen LogP contribution in [-0.2, 0) is 0 Å². The molecule has 0 bridgehead atoms. The van der Waals surface area contributed by atoms with Crippen LogP contribution in [0.2, 0.25) is 0 Å². The van der Waals surface area contributed by atoms with Gasteiger partial charge in [-0.1, -0.05) is 0 Å². The van der Waals surface area contributed by atoms with Crippen LogP contribution in [0.25, 0.3) is 11.1 Å². The van der Waals surface area contributed by atoms with Crippen LogP contribution in [0.5, 0.6) is 0 Å². The SMILES string of the molecule is NC(=O)c1ccc2oc(N3CC(F)(F)C3)nc2c1. The van der Waals surface area contributed by atoms with Gasteiger partial charge in [0.25, 0.3) is 11.9 Å². The highest BCUT2D eigenvalue weighted by Gasteiger charge is 2.45. The van der Waals surface area contributed by atoms with Gasteiger partial charge in [-0.15, -0.1) is 0 Å². The van der Waals surface area contributed by atoms with E-state index in [0.29, 0.717) is 16.7 Å². The lowest BCUT2D eigenvalue weighted by molar-refractivity contribution is -0.0287. The lowest BCUT2D eigenvalue weighted by Gasteiger charge is -2.37. The third kappa shape index (κ3) is 1.68. The molecule has 0 atom stereocenters. The Kier molecular flexibility index (Phi) is 2.07. The van der Waals surface area contributed by atoms with Crippen LogP contribution in [-0.4, -0.2) is 29.9 Å². The molecule has 1 saturated heterocycles. The molecular weight excluding hydrogens is 244 g/mol. The summed E-state index contributed by atoms with van der Waals surface area (Å²) in [5.74, 6) is -3.25. The first-order valence-corrected chi connectivity index (χ1v) is 5.28. The number of carbonyl (C=O) groups is 1. The van der Waals surface area contributed by atoms with Crippen molar-refractivity contribution < 1.29 is 18.0 Å². The van der Waals surface area contributed by atoms with E-state index in [2.05, 4.69) is 4.98 Å². The summed E-state index contributed by atoms with van der Waals surface area (Å²) in [5, 5.41) is 0. The van der Waals surface area contributed by atoms with Gasteiger partial charge in [0.1, 0.15) is 5.52 Å². The molecule has 0 radical (unpaired) electrons. The number of halogens is 2. The Morgan fingerprint density at radius 3 is 2.78 bits per heavy atom. The number of carbonyl (C=O) groups excluding carboxylic acids is 1. The number of rotatable bonds is 2. The van der Waals surface area contributed by atoms with Gasteiger partial charge in [0.15, 0.2) is 5.58 Å². The van der Waals surface area contributed by atoms with Crippen LogP contribution in [0.15, 0.2) is 22.6 Å². The van der Waals surface area contributed by atoms with Gasteiger partial charge in [0.05, 0.1) is 13.1 Å². The molecule has 0 spiro atoms. The Bertz CT molecular complexity index is 630. The highest BCUT2D eigenvalue weighted by molar-refractivity contribution is 5.96. The molecular formula is C11H9F2N3O2. The zero-order valence-electron chi connectivity index (χ0n) is 9.19. The summed E-state index contributed by atoms with van der Waals surface area (Å²) >= 11 is 0. The largest absolute Gasteiger partial charge is 0.423 e. The molecule has 2 N–H and O–H groups in total. The number of hydrogen-bond donors (Lipinski definition) is 1. The molecule has 3 rings (SSSR count). The van der Waals surface area contributed by atoms with Crippen LogP contribution in [0.1, 0.15) is 10.4 Å². The van der Waals surface area contributed by atoms with Crippen molar-refractivity contribution >= 4 is 23.0 Å². The van der Waals surface area contributed by atoms with Gasteiger partial charge in [-0.05, 0) is 18.2 Å². The first kappa shape index (κ1) is 10.9. The van der Waals surface area contributed by atoms with Crippen molar-refractivity contribution in [3.63, 3.8) is 0 Å². The second-order valence-corrected chi connectivity index (χ2v) is 4.26. The number of nitrogens with two attached hydrogens (primary N) is 1. The Hall–Kier alpha value is -2.18. The van der Waals surface area contributed by atoms with Gasteiger partial charge in [0.2, 0.25) is 5.91 Å². The van der Waals surface area contributed by atoms with Crippen molar-refractivity contribution in [2.24, 2.45) is 5.73 Å². The topological polar surface area (TPSA) is 72.4 Å². The molecule has 5 nitrogen and oxygen atoms in total. The van der Waals surface area contributed by atoms with Crippen LogP contribution in [0.4, 0.5) is 14.8 Å². The van der Waals surface area contributed by atoms with Gasteiger partial charge in [-0.2, -0.15) is 4.98 Å². The molecule has 1 fully saturated rings. The van der Waals surface area contributed by atoms with Gasteiger partial charge >= 0.3 is 0 Å². The zero-order valence-corrected chi connectivity index (χ0v) is 9.19. The van der Waals surface area contributed by atoms with Crippen LogP contribution >= 0.6 is 0 Å². The van der Waals surface area contributed by atoms with E-state index in [0.717, 1.165) is 0 Å². The van der Waals surface area contributed by atoms with Gasteiger partial charge in [0, 0.05) is 5.56 Å². The van der Waals surface area contributed by atoms with Crippen molar-refractivity contribution in [1.29, 1.82) is 0 Å². The molecule has 0 unspecified atom stereocenters. The highest BCUT2D eigenvalue weighted by atomic mass is 19.3. The number of amides is 1. The minimum Gasteiger partial charge on any atom is -0.423 e. The summed E-state index contributed by atoms with van der Waals surface area (Å²) in [5.41, 5.74) is 6.30. The number of benzene rings is 1. The number of anilines is 1.